The maximum atomic E-state index is 13.4. The van der Waals surface area contributed by atoms with Crippen molar-refractivity contribution in [2.24, 2.45) is 5.41 Å². The summed E-state index contributed by atoms with van der Waals surface area (Å²) in [4.78, 5) is 11.6. The van der Waals surface area contributed by atoms with Crippen LogP contribution in [0, 0.1) is 11.2 Å². The lowest BCUT2D eigenvalue weighted by molar-refractivity contribution is -0.137. The van der Waals surface area contributed by atoms with Crippen molar-refractivity contribution in [3.8, 4) is 0 Å². The molecule has 0 spiro atoms. The Balaban J connectivity index is 2.72. The third-order valence-electron chi connectivity index (χ3n) is 3.00. The van der Waals surface area contributed by atoms with Crippen LogP contribution in [0.25, 0.3) is 0 Å². The Labute approximate surface area is 125 Å². The van der Waals surface area contributed by atoms with Crippen LogP contribution >= 0.6 is 0 Å². The van der Waals surface area contributed by atoms with Gasteiger partial charge in [-0.15, -0.1) is 0 Å². The monoisotopic (exact) mass is 322 g/mol. The van der Waals surface area contributed by atoms with Crippen molar-refractivity contribution in [2.45, 2.75) is 33.1 Å². The summed E-state index contributed by atoms with van der Waals surface area (Å²) in [5, 5.41) is 14.0. The molecule has 124 valence electrons. The molecule has 0 aliphatic carbocycles. The summed E-state index contributed by atoms with van der Waals surface area (Å²) >= 11 is 0. The van der Waals surface area contributed by atoms with Crippen LogP contribution in [0.1, 0.15) is 26.3 Å². The van der Waals surface area contributed by atoms with Gasteiger partial charge >= 0.3 is 12.2 Å². The Kier molecular flexibility index (Phi) is 5.39. The van der Waals surface area contributed by atoms with Crippen LogP contribution in [0.2, 0.25) is 0 Å². The van der Waals surface area contributed by atoms with Gasteiger partial charge < -0.3 is 15.7 Å². The molecule has 0 aliphatic rings. The molecule has 0 fully saturated rings. The van der Waals surface area contributed by atoms with E-state index in [2.05, 4.69) is 5.32 Å². The van der Waals surface area contributed by atoms with Crippen LogP contribution in [-0.4, -0.2) is 23.8 Å². The predicted octanol–water partition coefficient (Wildman–Crippen LogP) is 3.37. The number of rotatable bonds is 3. The van der Waals surface area contributed by atoms with E-state index in [4.69, 9.17) is 0 Å². The third-order valence-corrected chi connectivity index (χ3v) is 3.00. The van der Waals surface area contributed by atoms with Crippen molar-refractivity contribution in [3.05, 3.63) is 29.6 Å². The number of halogens is 4. The number of aliphatic hydroxyl groups is 1. The van der Waals surface area contributed by atoms with E-state index in [1.807, 2.05) is 5.32 Å². The largest absolute Gasteiger partial charge is 0.416 e. The van der Waals surface area contributed by atoms with E-state index >= 15 is 0 Å². The number of hydrogen-bond donors (Lipinski definition) is 3. The van der Waals surface area contributed by atoms with Gasteiger partial charge in [0.1, 0.15) is 5.82 Å². The number of anilines is 1. The third kappa shape index (κ3) is 5.18. The summed E-state index contributed by atoms with van der Waals surface area (Å²) in [6, 6.07) is 0.820. The highest BCUT2D eigenvalue weighted by atomic mass is 19.4. The summed E-state index contributed by atoms with van der Waals surface area (Å²) in [7, 11) is 0. The van der Waals surface area contributed by atoms with Gasteiger partial charge in [-0.05, 0) is 23.6 Å². The van der Waals surface area contributed by atoms with Crippen LogP contribution in [-0.2, 0) is 6.18 Å². The second kappa shape index (κ2) is 6.51. The SMILES string of the molecule is CC(C)(C)C(O)CNC(=O)Nc1cc(C(F)(F)F)ccc1F. The Hall–Kier alpha value is -1.83. The number of urea groups is 1. The van der Waals surface area contributed by atoms with Gasteiger partial charge in [-0.3, -0.25) is 0 Å². The van der Waals surface area contributed by atoms with Crippen molar-refractivity contribution in [2.75, 3.05) is 11.9 Å². The first kappa shape index (κ1) is 18.2. The average molecular weight is 322 g/mol. The number of carbonyl (C=O) groups is 1. The van der Waals surface area contributed by atoms with Crippen LogP contribution < -0.4 is 10.6 Å². The summed E-state index contributed by atoms with van der Waals surface area (Å²) in [6.07, 6.45) is -5.49. The van der Waals surface area contributed by atoms with Crippen molar-refractivity contribution in [1.82, 2.24) is 5.32 Å². The topological polar surface area (TPSA) is 61.4 Å². The zero-order valence-electron chi connectivity index (χ0n) is 12.4. The zero-order chi connectivity index (χ0) is 17.1. The van der Waals surface area contributed by atoms with Crippen molar-refractivity contribution >= 4 is 11.7 Å². The van der Waals surface area contributed by atoms with Gasteiger partial charge in [-0.2, -0.15) is 13.2 Å². The Bertz CT molecular complexity index is 539. The molecule has 8 heteroatoms. The molecule has 1 aromatic carbocycles. The molecular weight excluding hydrogens is 304 g/mol. The van der Waals surface area contributed by atoms with Crippen LogP contribution in [0.15, 0.2) is 18.2 Å². The van der Waals surface area contributed by atoms with E-state index < -0.39 is 40.8 Å². The second-order valence-corrected chi connectivity index (χ2v) is 5.91. The van der Waals surface area contributed by atoms with Gasteiger partial charge in [0.2, 0.25) is 0 Å². The first-order valence-corrected chi connectivity index (χ1v) is 6.51. The van der Waals surface area contributed by atoms with E-state index in [0.717, 1.165) is 0 Å². The van der Waals surface area contributed by atoms with E-state index in [1.54, 1.807) is 20.8 Å². The number of carbonyl (C=O) groups excluding carboxylic acids is 1. The highest BCUT2D eigenvalue weighted by Gasteiger charge is 2.31. The number of alkyl halides is 3. The standard InChI is InChI=1S/C14H18F4N2O2/c1-13(2,3)11(21)7-19-12(22)20-10-6-8(14(16,17)18)4-5-9(10)15/h4-6,11,21H,7H2,1-3H3,(H2,19,20,22). The van der Waals surface area contributed by atoms with E-state index in [1.165, 1.54) is 0 Å². The lowest BCUT2D eigenvalue weighted by Gasteiger charge is -2.25. The molecule has 3 N–H and O–H groups in total. The molecule has 1 atom stereocenters. The molecule has 0 radical (unpaired) electrons. The molecule has 22 heavy (non-hydrogen) atoms. The number of hydrogen-bond acceptors (Lipinski definition) is 2. The molecule has 0 saturated heterocycles. The smallest absolute Gasteiger partial charge is 0.391 e. The Morgan fingerprint density at radius 2 is 1.86 bits per heavy atom. The molecule has 1 rings (SSSR count). The van der Waals surface area contributed by atoms with E-state index in [-0.39, 0.29) is 6.54 Å². The first-order valence-electron chi connectivity index (χ1n) is 6.51. The summed E-state index contributed by atoms with van der Waals surface area (Å²) in [5.41, 5.74) is -2.13. The number of amides is 2. The molecule has 0 bridgehead atoms. The highest BCUT2D eigenvalue weighted by Crippen LogP contribution is 2.31. The molecular formula is C14H18F4N2O2. The van der Waals surface area contributed by atoms with Crippen LogP contribution in [0.5, 0.6) is 0 Å². The van der Waals surface area contributed by atoms with Gasteiger partial charge in [0.05, 0.1) is 17.4 Å². The van der Waals surface area contributed by atoms with Gasteiger partial charge in [0.25, 0.3) is 0 Å². The maximum absolute atomic E-state index is 13.4. The van der Waals surface area contributed by atoms with Gasteiger partial charge in [-0.1, -0.05) is 20.8 Å². The zero-order valence-corrected chi connectivity index (χ0v) is 12.4. The van der Waals surface area contributed by atoms with Gasteiger partial charge in [0, 0.05) is 6.54 Å². The fourth-order valence-electron chi connectivity index (χ4n) is 1.46. The second-order valence-electron chi connectivity index (χ2n) is 5.91. The molecule has 0 heterocycles. The summed E-state index contributed by atoms with van der Waals surface area (Å²) < 4.78 is 51.1. The first-order chi connectivity index (χ1) is 9.91. The van der Waals surface area contributed by atoms with Crippen LogP contribution in [0.4, 0.5) is 28.0 Å². The predicted molar refractivity (Wildman–Crippen MR) is 73.9 cm³/mol. The molecule has 0 aliphatic heterocycles. The fraction of sp³-hybridized carbons (Fsp3) is 0.500. The molecule has 2 amide bonds. The summed E-state index contributed by atoms with van der Waals surface area (Å²) in [6.45, 7) is 5.15. The number of benzene rings is 1. The molecule has 1 aromatic rings. The minimum Gasteiger partial charge on any atom is -0.391 e. The molecule has 4 nitrogen and oxygen atoms in total. The van der Waals surface area contributed by atoms with Crippen molar-refractivity contribution in [1.29, 1.82) is 0 Å². The Morgan fingerprint density at radius 1 is 1.27 bits per heavy atom. The molecule has 1 unspecified atom stereocenters. The Morgan fingerprint density at radius 3 is 2.36 bits per heavy atom. The fourth-order valence-corrected chi connectivity index (χ4v) is 1.46. The molecule has 0 aromatic heterocycles. The summed E-state index contributed by atoms with van der Waals surface area (Å²) in [5.74, 6) is -0.987. The van der Waals surface area contributed by atoms with Crippen LogP contribution in [0.3, 0.4) is 0 Å². The lowest BCUT2D eigenvalue weighted by Crippen LogP contribution is -2.41. The lowest BCUT2D eigenvalue weighted by atomic mass is 9.89. The maximum Gasteiger partial charge on any atom is 0.416 e. The average Bonchev–Trinajstić information content (AvgIpc) is 2.36. The highest BCUT2D eigenvalue weighted by molar-refractivity contribution is 5.89. The quantitative estimate of drug-likeness (QED) is 0.747. The molecule has 0 saturated carbocycles. The van der Waals surface area contributed by atoms with Gasteiger partial charge in [0.15, 0.2) is 0 Å². The number of aliphatic hydroxyl groups excluding tert-OH is 1. The van der Waals surface area contributed by atoms with Crippen molar-refractivity contribution < 1.29 is 27.5 Å². The van der Waals surface area contributed by atoms with E-state index in [0.29, 0.717) is 18.2 Å². The van der Waals surface area contributed by atoms with Gasteiger partial charge in [-0.25, -0.2) is 9.18 Å². The minimum atomic E-state index is -4.64. The normalized spacial score (nSPS) is 13.6. The minimum absolute atomic E-state index is 0.115. The number of nitrogens with one attached hydrogen (secondary N) is 2. The van der Waals surface area contributed by atoms with E-state index in [9.17, 15) is 27.5 Å². The van der Waals surface area contributed by atoms with Crippen molar-refractivity contribution in [3.63, 3.8) is 0 Å².